The highest BCUT2D eigenvalue weighted by atomic mass is 32.2. The second-order valence-electron chi connectivity index (χ2n) is 6.50. The van der Waals surface area contributed by atoms with Crippen molar-refractivity contribution in [3.05, 3.63) is 24.0 Å². The third-order valence-electron chi connectivity index (χ3n) is 4.78. The lowest BCUT2D eigenvalue weighted by Gasteiger charge is -2.31. The molecule has 0 bridgehead atoms. The predicted octanol–water partition coefficient (Wildman–Crippen LogP) is 2.43. The van der Waals surface area contributed by atoms with Gasteiger partial charge < -0.3 is 9.64 Å². The number of likely N-dealkylation sites (tertiary alicyclic amines) is 1. The first-order valence-electron chi connectivity index (χ1n) is 8.68. The number of hydrogen-bond acceptors (Lipinski definition) is 5. The Bertz CT molecular complexity index is 693. The van der Waals surface area contributed by atoms with Crippen LogP contribution >= 0.6 is 11.8 Å². The predicted molar refractivity (Wildman–Crippen MR) is 98.2 cm³/mol. The normalized spacial score (nSPS) is 23.5. The molecule has 0 radical (unpaired) electrons. The molecule has 25 heavy (non-hydrogen) atoms. The first-order chi connectivity index (χ1) is 12.0. The lowest BCUT2D eigenvalue weighted by molar-refractivity contribution is 0.243. The maximum atomic E-state index is 14.0. The number of nitrogens with zero attached hydrogens (tertiary/aromatic N) is 2. The topological polar surface area (TPSA) is 49.9 Å². The monoisotopic (exact) mass is 388 g/mol. The number of thioether (sulfide) groups is 1. The summed E-state index contributed by atoms with van der Waals surface area (Å²) in [4.78, 5) is 2.34. The molecule has 1 aromatic rings. The van der Waals surface area contributed by atoms with Crippen LogP contribution in [0.3, 0.4) is 0 Å². The molecule has 0 amide bonds. The minimum Gasteiger partial charge on any atom is -0.494 e. The van der Waals surface area contributed by atoms with E-state index in [1.807, 2.05) is 0 Å². The van der Waals surface area contributed by atoms with Crippen molar-refractivity contribution in [3.63, 3.8) is 0 Å². The van der Waals surface area contributed by atoms with Gasteiger partial charge in [0, 0.05) is 24.9 Å². The SMILES string of the molecule is COc1ccc(S(=O)(=O)N2CCCSC[C@@H]2CN2CCCC2)cc1F. The van der Waals surface area contributed by atoms with Gasteiger partial charge in [-0.2, -0.15) is 16.1 Å². The van der Waals surface area contributed by atoms with Gasteiger partial charge in [-0.1, -0.05) is 0 Å². The van der Waals surface area contributed by atoms with E-state index in [4.69, 9.17) is 4.74 Å². The highest BCUT2D eigenvalue weighted by Crippen LogP contribution is 2.28. The Balaban J connectivity index is 1.86. The minimum absolute atomic E-state index is 0.00382. The van der Waals surface area contributed by atoms with Gasteiger partial charge in [0.25, 0.3) is 0 Å². The van der Waals surface area contributed by atoms with Crippen LogP contribution in [0, 0.1) is 5.82 Å². The summed E-state index contributed by atoms with van der Waals surface area (Å²) < 4.78 is 46.9. The van der Waals surface area contributed by atoms with E-state index in [9.17, 15) is 12.8 Å². The van der Waals surface area contributed by atoms with Crippen molar-refractivity contribution in [2.24, 2.45) is 0 Å². The maximum absolute atomic E-state index is 14.0. The van der Waals surface area contributed by atoms with E-state index >= 15 is 0 Å². The second kappa shape index (κ2) is 8.24. The Morgan fingerprint density at radius 2 is 2.00 bits per heavy atom. The third-order valence-corrected chi connectivity index (χ3v) is 7.93. The van der Waals surface area contributed by atoms with Gasteiger partial charge in [-0.15, -0.1) is 0 Å². The quantitative estimate of drug-likeness (QED) is 0.775. The molecule has 3 rings (SSSR count). The van der Waals surface area contributed by atoms with Crippen LogP contribution in [0.5, 0.6) is 5.75 Å². The van der Waals surface area contributed by atoms with Crippen LogP contribution in [0.1, 0.15) is 19.3 Å². The van der Waals surface area contributed by atoms with Gasteiger partial charge in [-0.3, -0.25) is 0 Å². The average Bonchev–Trinajstić information content (AvgIpc) is 2.98. The van der Waals surface area contributed by atoms with Crippen LogP contribution in [-0.2, 0) is 10.0 Å². The fourth-order valence-electron chi connectivity index (χ4n) is 3.47. The molecule has 2 aliphatic heterocycles. The lowest BCUT2D eigenvalue weighted by atomic mass is 10.3. The molecule has 1 aromatic carbocycles. The smallest absolute Gasteiger partial charge is 0.243 e. The Morgan fingerprint density at radius 3 is 2.68 bits per heavy atom. The molecule has 0 unspecified atom stereocenters. The highest BCUT2D eigenvalue weighted by Gasteiger charge is 2.34. The van der Waals surface area contributed by atoms with Crippen LogP contribution in [0.25, 0.3) is 0 Å². The van der Waals surface area contributed by atoms with Crippen LogP contribution < -0.4 is 4.74 Å². The highest BCUT2D eigenvalue weighted by molar-refractivity contribution is 7.99. The zero-order valence-corrected chi connectivity index (χ0v) is 16.1. The van der Waals surface area contributed by atoms with E-state index in [0.717, 1.165) is 43.6 Å². The van der Waals surface area contributed by atoms with Crippen molar-refractivity contribution in [1.29, 1.82) is 0 Å². The molecule has 0 N–H and O–H groups in total. The number of hydrogen-bond donors (Lipinski definition) is 0. The Kier molecular flexibility index (Phi) is 6.25. The molecule has 8 heteroatoms. The van der Waals surface area contributed by atoms with Gasteiger partial charge in [0.1, 0.15) is 0 Å². The third kappa shape index (κ3) is 4.30. The fourth-order valence-corrected chi connectivity index (χ4v) is 6.29. The molecule has 2 aliphatic rings. The molecule has 5 nitrogen and oxygen atoms in total. The summed E-state index contributed by atoms with van der Waals surface area (Å²) in [7, 11) is -2.36. The van der Waals surface area contributed by atoms with E-state index < -0.39 is 15.8 Å². The van der Waals surface area contributed by atoms with Crippen molar-refractivity contribution in [3.8, 4) is 5.75 Å². The van der Waals surface area contributed by atoms with Gasteiger partial charge in [0.05, 0.1) is 12.0 Å². The van der Waals surface area contributed by atoms with Gasteiger partial charge in [-0.25, -0.2) is 12.8 Å². The number of halogens is 1. The summed E-state index contributed by atoms with van der Waals surface area (Å²) in [6.45, 7) is 3.31. The number of methoxy groups -OCH3 is 1. The summed E-state index contributed by atoms with van der Waals surface area (Å²) in [5.74, 6) is 1.15. The second-order valence-corrected chi connectivity index (χ2v) is 9.54. The molecular formula is C17H25FN2O3S2. The molecule has 1 atom stereocenters. The summed E-state index contributed by atoms with van der Waals surface area (Å²) in [5.41, 5.74) is 0. The Labute approximate surface area is 153 Å². The first kappa shape index (κ1) is 18.9. The van der Waals surface area contributed by atoms with Crippen molar-refractivity contribution < 1.29 is 17.5 Å². The molecule has 2 heterocycles. The standard InChI is InChI=1S/C17H25FN2O3S2/c1-23-17-6-5-15(11-16(17)18)25(21,22)20-9-4-10-24-13-14(20)12-19-7-2-3-8-19/h5-6,11,14H,2-4,7-10,12-13H2,1H3/t14-/m0/s1. The van der Waals surface area contributed by atoms with Crippen LogP contribution in [0.15, 0.2) is 23.1 Å². The van der Waals surface area contributed by atoms with Crippen molar-refractivity contribution in [1.82, 2.24) is 9.21 Å². The molecule has 0 aromatic heterocycles. The van der Waals surface area contributed by atoms with Gasteiger partial charge in [0.15, 0.2) is 11.6 Å². The number of ether oxygens (including phenoxy) is 1. The van der Waals surface area contributed by atoms with Crippen molar-refractivity contribution in [2.45, 2.75) is 30.2 Å². The van der Waals surface area contributed by atoms with Crippen LogP contribution in [0.4, 0.5) is 4.39 Å². The van der Waals surface area contributed by atoms with Gasteiger partial charge >= 0.3 is 0 Å². The number of sulfonamides is 1. The number of benzene rings is 1. The van der Waals surface area contributed by atoms with Gasteiger partial charge in [-0.05, 0) is 56.3 Å². The molecule has 0 aliphatic carbocycles. The summed E-state index contributed by atoms with van der Waals surface area (Å²) in [6.07, 6.45) is 3.17. The lowest BCUT2D eigenvalue weighted by Crippen LogP contribution is -2.47. The van der Waals surface area contributed by atoms with Crippen molar-refractivity contribution in [2.75, 3.05) is 44.8 Å². The minimum atomic E-state index is -3.73. The first-order valence-corrected chi connectivity index (χ1v) is 11.3. The van der Waals surface area contributed by atoms with E-state index in [0.29, 0.717) is 6.54 Å². The largest absolute Gasteiger partial charge is 0.494 e. The van der Waals surface area contributed by atoms with Crippen LogP contribution in [-0.4, -0.2) is 68.5 Å². The Hall–Kier alpha value is -0.830. The van der Waals surface area contributed by atoms with E-state index in [-0.39, 0.29) is 16.7 Å². The van der Waals surface area contributed by atoms with Gasteiger partial charge in [0.2, 0.25) is 10.0 Å². The fraction of sp³-hybridized carbons (Fsp3) is 0.647. The molecular weight excluding hydrogens is 363 g/mol. The average molecular weight is 389 g/mol. The molecule has 0 saturated carbocycles. The zero-order valence-electron chi connectivity index (χ0n) is 14.5. The van der Waals surface area contributed by atoms with E-state index in [1.165, 1.54) is 32.1 Å². The summed E-state index contributed by atoms with van der Waals surface area (Å²) >= 11 is 1.80. The van der Waals surface area contributed by atoms with Crippen molar-refractivity contribution >= 4 is 21.8 Å². The van der Waals surface area contributed by atoms with E-state index in [1.54, 1.807) is 16.1 Å². The van der Waals surface area contributed by atoms with Crippen LogP contribution in [0.2, 0.25) is 0 Å². The Morgan fingerprint density at radius 1 is 1.24 bits per heavy atom. The molecule has 0 spiro atoms. The summed E-state index contributed by atoms with van der Waals surface area (Å²) in [6, 6.07) is 3.81. The molecule has 140 valence electrons. The van der Waals surface area contributed by atoms with E-state index in [2.05, 4.69) is 4.90 Å². The number of rotatable bonds is 5. The molecule has 2 fully saturated rings. The zero-order chi connectivity index (χ0) is 17.9. The maximum Gasteiger partial charge on any atom is 0.243 e. The summed E-state index contributed by atoms with van der Waals surface area (Å²) in [5, 5.41) is 0. The molecule has 2 saturated heterocycles.